The lowest BCUT2D eigenvalue weighted by Crippen LogP contribution is -2.30. The minimum absolute atomic E-state index is 0.0233. The molecule has 1 aliphatic heterocycles. The second-order valence-electron chi connectivity index (χ2n) is 6.65. The number of aromatic nitrogens is 3. The van der Waals surface area contributed by atoms with E-state index in [1.807, 2.05) is 0 Å². The van der Waals surface area contributed by atoms with Gasteiger partial charge in [-0.25, -0.2) is 14.1 Å². The Bertz CT molecular complexity index is 1210. The summed E-state index contributed by atoms with van der Waals surface area (Å²) in [6, 6.07) is 6.67. The van der Waals surface area contributed by atoms with Crippen molar-refractivity contribution < 1.29 is 31.9 Å². The highest BCUT2D eigenvalue weighted by molar-refractivity contribution is 6.29. The first kappa shape index (κ1) is 21.6. The fourth-order valence-corrected chi connectivity index (χ4v) is 3.26. The topological polar surface area (TPSA) is 89.4 Å². The number of nitrogens with zero attached hydrogens (tertiary/aromatic N) is 4. The molecular weight excluding hydrogens is 458 g/mol. The van der Waals surface area contributed by atoms with E-state index in [4.69, 9.17) is 11.6 Å². The number of pyridine rings is 1. The number of benzene rings is 1. The molecule has 3 heterocycles. The van der Waals surface area contributed by atoms with E-state index < -0.39 is 23.8 Å². The highest BCUT2D eigenvalue weighted by atomic mass is 35.5. The van der Waals surface area contributed by atoms with Gasteiger partial charge in [0.05, 0.1) is 18.1 Å². The highest BCUT2D eigenvalue weighted by Crippen LogP contribution is 2.31. The van der Waals surface area contributed by atoms with Crippen LogP contribution in [0.4, 0.5) is 17.6 Å². The lowest BCUT2D eigenvalue weighted by Gasteiger charge is -2.12. The van der Waals surface area contributed by atoms with Gasteiger partial charge in [0, 0.05) is 23.9 Å². The number of carbonyl (C=O) groups is 2. The highest BCUT2D eigenvalue weighted by Gasteiger charge is 2.32. The standard InChI is InChI=1S/C19H12ClF4N5O3/c20-16-6-12(1-2-25-16)29-15(7-14(27-29)18(31)28-8-17(30)26-9-28)10-3-11(21)5-13(4-10)32-19(22,23)24/h1-7H,8-9H2,(H,26,30). The van der Waals surface area contributed by atoms with Gasteiger partial charge in [0.15, 0.2) is 5.69 Å². The van der Waals surface area contributed by atoms with Crippen LogP contribution in [0.2, 0.25) is 5.15 Å². The van der Waals surface area contributed by atoms with Gasteiger partial charge in [0.1, 0.15) is 23.3 Å². The molecule has 166 valence electrons. The zero-order valence-corrected chi connectivity index (χ0v) is 16.6. The molecule has 1 saturated heterocycles. The Morgan fingerprint density at radius 1 is 1.19 bits per heavy atom. The first-order valence-electron chi connectivity index (χ1n) is 8.94. The van der Waals surface area contributed by atoms with E-state index >= 15 is 0 Å². The van der Waals surface area contributed by atoms with E-state index in [9.17, 15) is 27.2 Å². The Kier molecular flexibility index (Phi) is 5.46. The summed E-state index contributed by atoms with van der Waals surface area (Å²) in [4.78, 5) is 29.3. The van der Waals surface area contributed by atoms with E-state index in [0.29, 0.717) is 11.8 Å². The summed E-state index contributed by atoms with van der Waals surface area (Å²) in [5.41, 5.74) is 0.240. The van der Waals surface area contributed by atoms with Crippen LogP contribution in [-0.2, 0) is 4.79 Å². The summed E-state index contributed by atoms with van der Waals surface area (Å²) in [7, 11) is 0. The quantitative estimate of drug-likeness (QED) is 0.468. The number of halogens is 5. The van der Waals surface area contributed by atoms with Crippen LogP contribution < -0.4 is 10.1 Å². The molecule has 32 heavy (non-hydrogen) atoms. The predicted molar refractivity (Wildman–Crippen MR) is 102 cm³/mol. The monoisotopic (exact) mass is 469 g/mol. The van der Waals surface area contributed by atoms with Crippen molar-refractivity contribution in [2.75, 3.05) is 13.2 Å². The van der Waals surface area contributed by atoms with Crippen molar-refractivity contribution in [3.63, 3.8) is 0 Å². The number of ether oxygens (including phenoxy) is 1. The maximum atomic E-state index is 14.1. The minimum Gasteiger partial charge on any atom is -0.406 e. The third kappa shape index (κ3) is 4.64. The van der Waals surface area contributed by atoms with Gasteiger partial charge in [-0.1, -0.05) is 11.6 Å². The Morgan fingerprint density at radius 2 is 1.97 bits per heavy atom. The van der Waals surface area contributed by atoms with Crippen LogP contribution in [0.25, 0.3) is 16.9 Å². The number of alkyl halides is 3. The van der Waals surface area contributed by atoms with Crippen LogP contribution >= 0.6 is 11.6 Å². The van der Waals surface area contributed by atoms with Gasteiger partial charge in [-0.05, 0) is 24.3 Å². The molecule has 8 nitrogen and oxygen atoms in total. The molecule has 1 fully saturated rings. The van der Waals surface area contributed by atoms with Crippen LogP contribution in [0.15, 0.2) is 42.6 Å². The van der Waals surface area contributed by atoms with Gasteiger partial charge in [0.2, 0.25) is 5.91 Å². The summed E-state index contributed by atoms with van der Waals surface area (Å²) in [5.74, 6) is -2.73. The molecule has 0 bridgehead atoms. The number of hydrogen-bond acceptors (Lipinski definition) is 5. The van der Waals surface area contributed by atoms with Crippen LogP contribution in [-0.4, -0.2) is 51.1 Å². The number of rotatable bonds is 4. The molecule has 4 rings (SSSR count). The molecule has 2 aromatic heterocycles. The predicted octanol–water partition coefficient (Wildman–Crippen LogP) is 3.15. The molecule has 0 aliphatic carbocycles. The first-order valence-corrected chi connectivity index (χ1v) is 9.31. The summed E-state index contributed by atoms with van der Waals surface area (Å²) in [6.45, 7) is -0.198. The third-order valence-electron chi connectivity index (χ3n) is 4.37. The summed E-state index contributed by atoms with van der Waals surface area (Å²) in [5, 5.41) is 6.79. The van der Waals surface area contributed by atoms with Crippen LogP contribution in [0, 0.1) is 5.82 Å². The summed E-state index contributed by atoms with van der Waals surface area (Å²) in [6.07, 6.45) is -3.67. The van der Waals surface area contributed by atoms with Gasteiger partial charge in [-0.3, -0.25) is 9.59 Å². The molecule has 0 atom stereocenters. The van der Waals surface area contributed by atoms with Crippen LogP contribution in [0.3, 0.4) is 0 Å². The molecule has 1 N–H and O–H groups in total. The molecule has 0 radical (unpaired) electrons. The molecule has 1 aliphatic rings. The molecular formula is C19H12ClF4N5O3. The Morgan fingerprint density at radius 3 is 2.62 bits per heavy atom. The fourth-order valence-electron chi connectivity index (χ4n) is 3.09. The SMILES string of the molecule is O=C1CN(C(=O)c2cc(-c3cc(F)cc(OC(F)(F)F)c3)n(-c3ccnc(Cl)c3)n2)CN1. The number of hydrogen-bond donors (Lipinski definition) is 1. The normalized spacial score (nSPS) is 13.9. The molecule has 1 aromatic carbocycles. The second-order valence-corrected chi connectivity index (χ2v) is 7.04. The molecule has 0 saturated carbocycles. The zero-order valence-electron chi connectivity index (χ0n) is 15.9. The Labute approximate surface area is 182 Å². The largest absolute Gasteiger partial charge is 0.573 e. The molecule has 0 unspecified atom stereocenters. The number of nitrogens with one attached hydrogen (secondary N) is 1. The number of carbonyl (C=O) groups excluding carboxylic acids is 2. The Hall–Kier alpha value is -3.67. The van der Waals surface area contributed by atoms with Crippen molar-refractivity contribution >= 4 is 23.4 Å². The summed E-state index contributed by atoms with van der Waals surface area (Å²) >= 11 is 5.93. The van der Waals surface area contributed by atoms with Gasteiger partial charge < -0.3 is 15.0 Å². The van der Waals surface area contributed by atoms with E-state index in [1.165, 1.54) is 34.0 Å². The van der Waals surface area contributed by atoms with Gasteiger partial charge >= 0.3 is 6.36 Å². The fraction of sp³-hybridized carbons (Fsp3) is 0.158. The maximum Gasteiger partial charge on any atom is 0.573 e. The van der Waals surface area contributed by atoms with Gasteiger partial charge in [0.25, 0.3) is 5.91 Å². The average molecular weight is 470 g/mol. The van der Waals surface area contributed by atoms with E-state index in [1.54, 1.807) is 0 Å². The molecule has 2 amide bonds. The lowest BCUT2D eigenvalue weighted by atomic mass is 10.1. The average Bonchev–Trinajstić information content (AvgIpc) is 3.32. The van der Waals surface area contributed by atoms with Crippen molar-refractivity contribution in [2.45, 2.75) is 6.36 Å². The van der Waals surface area contributed by atoms with Crippen molar-refractivity contribution in [2.24, 2.45) is 0 Å². The van der Waals surface area contributed by atoms with Gasteiger partial charge in [-0.2, -0.15) is 5.10 Å². The number of amides is 2. The van der Waals surface area contributed by atoms with E-state index in [-0.39, 0.29) is 41.2 Å². The second kappa shape index (κ2) is 8.11. The van der Waals surface area contributed by atoms with Crippen LogP contribution in [0.5, 0.6) is 5.75 Å². The van der Waals surface area contributed by atoms with Crippen LogP contribution in [0.1, 0.15) is 10.5 Å². The smallest absolute Gasteiger partial charge is 0.406 e. The molecule has 3 aromatic rings. The van der Waals surface area contributed by atoms with Gasteiger partial charge in [-0.15, -0.1) is 13.2 Å². The van der Waals surface area contributed by atoms with Crippen molar-refractivity contribution in [3.8, 4) is 22.7 Å². The maximum absolute atomic E-state index is 14.1. The van der Waals surface area contributed by atoms with Crippen molar-refractivity contribution in [3.05, 3.63) is 59.3 Å². The van der Waals surface area contributed by atoms with E-state index in [2.05, 4.69) is 20.1 Å². The zero-order chi connectivity index (χ0) is 23.0. The Balaban J connectivity index is 1.82. The van der Waals surface area contributed by atoms with Crippen molar-refractivity contribution in [1.82, 2.24) is 25.0 Å². The minimum atomic E-state index is -5.03. The molecule has 0 spiro atoms. The molecule has 13 heteroatoms. The lowest BCUT2D eigenvalue weighted by molar-refractivity contribution is -0.274. The van der Waals surface area contributed by atoms with Crippen molar-refractivity contribution in [1.29, 1.82) is 0 Å². The first-order chi connectivity index (χ1) is 15.1. The third-order valence-corrected chi connectivity index (χ3v) is 4.58. The summed E-state index contributed by atoms with van der Waals surface area (Å²) < 4.78 is 57.1. The van der Waals surface area contributed by atoms with E-state index in [0.717, 1.165) is 12.1 Å².